The molecule has 0 saturated carbocycles. The van der Waals surface area contributed by atoms with Gasteiger partial charge in [-0.3, -0.25) is 0 Å². The molecular weight excluding hydrogens is 552 g/mol. The van der Waals surface area contributed by atoms with Crippen LogP contribution < -0.4 is 0 Å². The number of hydrogen-bond donors (Lipinski definition) is 0. The number of rotatable bonds is 36. The highest BCUT2D eigenvalue weighted by Crippen LogP contribution is 2.12. The van der Waals surface area contributed by atoms with E-state index in [4.69, 9.17) is 4.91 Å². The summed E-state index contributed by atoms with van der Waals surface area (Å²) in [7, 11) is 1.19. The molecule has 272 valence electrons. The Kier molecular flexibility index (Phi) is 43.0. The Hall–Kier alpha value is -0.520. The number of hydrogen-bond acceptors (Lipinski definition) is 5. The van der Waals surface area contributed by atoms with Crippen molar-refractivity contribution in [2.45, 2.75) is 195 Å². The van der Waals surface area contributed by atoms with Gasteiger partial charge in [-0.1, -0.05) is 168 Å². The maximum absolute atomic E-state index is 8.56. The Labute approximate surface area is 285 Å². The summed E-state index contributed by atoms with van der Waals surface area (Å²) in [5, 5.41) is 2.25. The Morgan fingerprint density at radius 1 is 0.289 bits per heavy atom. The van der Waals surface area contributed by atoms with Crippen molar-refractivity contribution >= 4 is 0 Å². The Morgan fingerprint density at radius 2 is 0.489 bits per heavy atom. The van der Waals surface area contributed by atoms with Crippen LogP contribution in [0.2, 0.25) is 0 Å². The number of nitrogens with zero attached hydrogens (tertiary/aromatic N) is 4. The Bertz CT molecular complexity index is 526. The maximum atomic E-state index is 8.56. The molecule has 45 heavy (non-hydrogen) atoms. The molecule has 0 saturated heterocycles. The molecule has 0 aliphatic carbocycles. The van der Waals surface area contributed by atoms with E-state index < -0.39 is 0 Å². The predicted octanol–water partition coefficient (Wildman–Crippen LogP) is 12.1. The SMILES string of the molecule is CCCCCCCCCCCCN(CCN(CCC)CCC)CCN(CCCCCCCC)CCCCCCCCC.CN=O. The molecular formula is C40H86N4O. The fourth-order valence-electron chi connectivity index (χ4n) is 6.44. The molecule has 0 fully saturated rings. The van der Waals surface area contributed by atoms with Crippen LogP contribution in [-0.2, 0) is 0 Å². The smallest absolute Gasteiger partial charge is 0.0700 e. The summed E-state index contributed by atoms with van der Waals surface area (Å²) in [6.07, 6.45) is 35.4. The van der Waals surface area contributed by atoms with Gasteiger partial charge in [0.2, 0.25) is 0 Å². The zero-order valence-corrected chi connectivity index (χ0v) is 32.2. The number of unbranched alkanes of at least 4 members (excludes halogenated alkanes) is 20. The predicted molar refractivity (Wildman–Crippen MR) is 205 cm³/mol. The average molecular weight is 639 g/mol. The van der Waals surface area contributed by atoms with Crippen molar-refractivity contribution in [3.05, 3.63) is 4.91 Å². The molecule has 0 unspecified atom stereocenters. The zero-order valence-electron chi connectivity index (χ0n) is 32.2. The summed E-state index contributed by atoms with van der Waals surface area (Å²) in [5.74, 6) is 0. The second-order valence-electron chi connectivity index (χ2n) is 13.8. The van der Waals surface area contributed by atoms with Crippen molar-refractivity contribution in [1.29, 1.82) is 0 Å². The summed E-state index contributed by atoms with van der Waals surface area (Å²) in [6, 6.07) is 0. The molecule has 0 aliphatic heterocycles. The molecule has 0 amide bonds. The highest BCUT2D eigenvalue weighted by molar-refractivity contribution is 4.68. The molecule has 5 heteroatoms. The summed E-state index contributed by atoms with van der Waals surface area (Å²) >= 11 is 0. The molecule has 0 rings (SSSR count). The Balaban J connectivity index is 0. The number of nitroso groups, excluding NO2 is 1. The van der Waals surface area contributed by atoms with Crippen molar-refractivity contribution in [2.75, 3.05) is 66.0 Å². The second-order valence-corrected chi connectivity index (χ2v) is 13.8. The molecule has 0 aliphatic rings. The van der Waals surface area contributed by atoms with Gasteiger partial charge in [0.25, 0.3) is 0 Å². The van der Waals surface area contributed by atoms with Gasteiger partial charge in [0, 0.05) is 26.2 Å². The first-order valence-corrected chi connectivity index (χ1v) is 20.5. The van der Waals surface area contributed by atoms with Crippen LogP contribution in [0.4, 0.5) is 0 Å². The van der Waals surface area contributed by atoms with E-state index in [0.717, 1.165) is 0 Å². The first kappa shape index (κ1) is 46.6. The fraction of sp³-hybridized carbons (Fsp3) is 1.00. The third-order valence-corrected chi connectivity index (χ3v) is 9.28. The van der Waals surface area contributed by atoms with E-state index in [9.17, 15) is 0 Å². The first-order chi connectivity index (χ1) is 22.1. The third-order valence-electron chi connectivity index (χ3n) is 9.28. The molecule has 0 heterocycles. The standard InChI is InChI=1S/C39H83N3.CH3NO/c1-6-11-14-17-20-21-22-24-27-30-35-42(38-36-40(31-9-4)32-10-5)39-37-41(33-28-25-19-16-13-8-3)34-29-26-23-18-15-12-7-2;1-2-3/h6-39H2,1-5H3;1H3. The summed E-state index contributed by atoms with van der Waals surface area (Å²) < 4.78 is 0. The minimum Gasteiger partial charge on any atom is -0.302 e. The molecule has 5 nitrogen and oxygen atoms in total. The Morgan fingerprint density at radius 3 is 0.733 bits per heavy atom. The van der Waals surface area contributed by atoms with Crippen molar-refractivity contribution < 1.29 is 0 Å². The van der Waals surface area contributed by atoms with Gasteiger partial charge in [-0.2, -0.15) is 4.91 Å². The molecule has 0 aromatic carbocycles. The molecule has 0 aromatic rings. The summed E-state index contributed by atoms with van der Waals surface area (Å²) in [5.41, 5.74) is 0. The van der Waals surface area contributed by atoms with Gasteiger partial charge >= 0.3 is 0 Å². The first-order valence-electron chi connectivity index (χ1n) is 20.5. The normalized spacial score (nSPS) is 11.5. The van der Waals surface area contributed by atoms with E-state index in [1.807, 2.05) is 0 Å². The van der Waals surface area contributed by atoms with Gasteiger partial charge in [0.05, 0.1) is 7.05 Å². The largest absolute Gasteiger partial charge is 0.302 e. The van der Waals surface area contributed by atoms with Gasteiger partial charge < -0.3 is 14.7 Å². The van der Waals surface area contributed by atoms with Crippen LogP contribution in [0.1, 0.15) is 195 Å². The van der Waals surface area contributed by atoms with Crippen LogP contribution in [-0.4, -0.2) is 80.7 Å². The van der Waals surface area contributed by atoms with E-state index in [1.54, 1.807) is 0 Å². The molecule has 0 bridgehead atoms. The lowest BCUT2D eigenvalue weighted by Crippen LogP contribution is -2.41. The lowest BCUT2D eigenvalue weighted by molar-refractivity contribution is 0.170. The molecule has 0 radical (unpaired) electrons. The minimum atomic E-state index is 1.19. The van der Waals surface area contributed by atoms with Crippen LogP contribution in [0, 0.1) is 4.91 Å². The van der Waals surface area contributed by atoms with Crippen molar-refractivity contribution in [3.63, 3.8) is 0 Å². The van der Waals surface area contributed by atoms with Crippen molar-refractivity contribution in [2.24, 2.45) is 5.18 Å². The quantitative estimate of drug-likeness (QED) is 0.0505. The van der Waals surface area contributed by atoms with Crippen LogP contribution in [0.5, 0.6) is 0 Å². The van der Waals surface area contributed by atoms with E-state index in [1.165, 1.54) is 226 Å². The van der Waals surface area contributed by atoms with Crippen LogP contribution >= 0.6 is 0 Å². The van der Waals surface area contributed by atoms with Gasteiger partial charge in [0.15, 0.2) is 0 Å². The lowest BCUT2D eigenvalue weighted by atomic mass is 10.1. The molecule has 0 atom stereocenters. The third kappa shape index (κ3) is 37.8. The molecule has 0 N–H and O–H groups in total. The van der Waals surface area contributed by atoms with Gasteiger partial charge in [0.1, 0.15) is 0 Å². The van der Waals surface area contributed by atoms with E-state index in [2.05, 4.69) is 54.5 Å². The van der Waals surface area contributed by atoms with Crippen molar-refractivity contribution in [1.82, 2.24) is 14.7 Å². The van der Waals surface area contributed by atoms with E-state index >= 15 is 0 Å². The van der Waals surface area contributed by atoms with E-state index in [-0.39, 0.29) is 0 Å². The molecule has 0 aromatic heterocycles. The summed E-state index contributed by atoms with van der Waals surface area (Å²) in [4.78, 5) is 17.0. The maximum Gasteiger partial charge on any atom is 0.0700 e. The lowest BCUT2D eigenvalue weighted by Gasteiger charge is -2.30. The second kappa shape index (κ2) is 41.5. The van der Waals surface area contributed by atoms with Gasteiger partial charge in [-0.25, -0.2) is 0 Å². The van der Waals surface area contributed by atoms with E-state index in [0.29, 0.717) is 0 Å². The summed E-state index contributed by atoms with van der Waals surface area (Å²) in [6.45, 7) is 23.2. The van der Waals surface area contributed by atoms with Gasteiger partial charge in [-0.15, -0.1) is 0 Å². The van der Waals surface area contributed by atoms with Crippen LogP contribution in [0.15, 0.2) is 5.18 Å². The monoisotopic (exact) mass is 639 g/mol. The van der Waals surface area contributed by atoms with Crippen LogP contribution in [0.25, 0.3) is 0 Å². The highest BCUT2D eigenvalue weighted by Gasteiger charge is 2.12. The zero-order chi connectivity index (χ0) is 33.5. The topological polar surface area (TPSA) is 39.1 Å². The van der Waals surface area contributed by atoms with Gasteiger partial charge in [-0.05, 0) is 64.8 Å². The average Bonchev–Trinajstić information content (AvgIpc) is 3.04. The highest BCUT2D eigenvalue weighted by atomic mass is 16.2. The van der Waals surface area contributed by atoms with Crippen molar-refractivity contribution in [3.8, 4) is 0 Å². The fourth-order valence-corrected chi connectivity index (χ4v) is 6.44. The molecule has 0 spiro atoms. The minimum absolute atomic E-state index is 1.19. The van der Waals surface area contributed by atoms with Crippen LogP contribution in [0.3, 0.4) is 0 Å².